The molecule has 0 radical (unpaired) electrons. The van der Waals surface area contributed by atoms with E-state index in [1.807, 2.05) is 0 Å². The molecule has 2 rings (SSSR count). The quantitative estimate of drug-likeness (QED) is 0.728. The normalized spacial score (nSPS) is 10.4. The Labute approximate surface area is 84.2 Å². The Morgan fingerprint density at radius 1 is 1.50 bits per heavy atom. The van der Waals surface area contributed by atoms with Crippen molar-refractivity contribution in [3.8, 4) is 0 Å². The highest BCUT2D eigenvalue weighted by Gasteiger charge is 2.10. The number of pyridine rings is 2. The van der Waals surface area contributed by atoms with E-state index in [9.17, 15) is 4.79 Å². The number of aromatic carboxylic acids is 1. The summed E-state index contributed by atoms with van der Waals surface area (Å²) in [5.41, 5.74) is 0.627. The van der Waals surface area contributed by atoms with E-state index in [0.29, 0.717) is 10.9 Å². The Kier molecular flexibility index (Phi) is 2.05. The Bertz CT molecular complexity index is 513. The molecule has 0 aliphatic carbocycles. The Balaban J connectivity index is 2.77. The molecular weight excluding hydrogens is 204 g/mol. The van der Waals surface area contributed by atoms with Gasteiger partial charge in [-0.3, -0.25) is 4.98 Å². The van der Waals surface area contributed by atoms with Gasteiger partial charge >= 0.3 is 5.97 Å². The van der Waals surface area contributed by atoms with Gasteiger partial charge in [0.25, 0.3) is 0 Å². The van der Waals surface area contributed by atoms with Gasteiger partial charge in [-0.15, -0.1) is 0 Å². The van der Waals surface area contributed by atoms with Gasteiger partial charge in [0.2, 0.25) is 0 Å². The third-order valence-corrected chi connectivity index (χ3v) is 2.09. The van der Waals surface area contributed by atoms with E-state index in [1.54, 1.807) is 18.5 Å². The highest BCUT2D eigenvalue weighted by atomic mass is 35.5. The van der Waals surface area contributed by atoms with E-state index in [-0.39, 0.29) is 10.7 Å². The van der Waals surface area contributed by atoms with Crippen molar-refractivity contribution in [3.63, 3.8) is 0 Å². The molecule has 14 heavy (non-hydrogen) atoms. The summed E-state index contributed by atoms with van der Waals surface area (Å²) < 4.78 is 0. The molecule has 2 heterocycles. The van der Waals surface area contributed by atoms with Crippen molar-refractivity contribution in [3.05, 3.63) is 35.2 Å². The molecule has 0 spiro atoms. The van der Waals surface area contributed by atoms with Crippen molar-refractivity contribution < 1.29 is 9.90 Å². The lowest BCUT2D eigenvalue weighted by Crippen LogP contribution is -1.99. The smallest absolute Gasteiger partial charge is 0.338 e. The van der Waals surface area contributed by atoms with Crippen LogP contribution in [0.3, 0.4) is 0 Å². The van der Waals surface area contributed by atoms with Gasteiger partial charge in [0.05, 0.1) is 11.1 Å². The topological polar surface area (TPSA) is 63.1 Å². The average Bonchev–Trinajstić information content (AvgIpc) is 2.16. The van der Waals surface area contributed by atoms with Gasteiger partial charge in [0.15, 0.2) is 0 Å². The highest BCUT2D eigenvalue weighted by Crippen LogP contribution is 2.19. The number of fused-ring (bicyclic) bond motifs is 1. The van der Waals surface area contributed by atoms with Gasteiger partial charge < -0.3 is 5.11 Å². The van der Waals surface area contributed by atoms with Gasteiger partial charge in [-0.05, 0) is 12.1 Å². The maximum Gasteiger partial charge on any atom is 0.338 e. The second kappa shape index (κ2) is 3.23. The maximum absolute atomic E-state index is 10.7. The molecule has 0 aromatic carbocycles. The molecule has 0 atom stereocenters. The minimum atomic E-state index is -1.09. The number of hydrogen-bond donors (Lipinski definition) is 1. The van der Waals surface area contributed by atoms with Crippen LogP contribution in [-0.4, -0.2) is 21.0 Å². The number of aromatic nitrogens is 2. The standard InChI is InChI=1S/C9H5ClN2O2/c10-8-6(9(13)14)3-5-4-11-2-1-7(5)12-8/h1-4H,(H,13,14). The van der Waals surface area contributed by atoms with Crippen LogP contribution < -0.4 is 0 Å². The fourth-order valence-electron chi connectivity index (χ4n) is 1.14. The van der Waals surface area contributed by atoms with Crippen LogP contribution in [0.5, 0.6) is 0 Å². The molecule has 0 fully saturated rings. The van der Waals surface area contributed by atoms with Crippen LogP contribution >= 0.6 is 11.6 Å². The van der Waals surface area contributed by atoms with Crippen molar-refractivity contribution in [2.24, 2.45) is 0 Å². The predicted octanol–water partition coefficient (Wildman–Crippen LogP) is 1.98. The van der Waals surface area contributed by atoms with Gasteiger partial charge in [0.1, 0.15) is 5.15 Å². The van der Waals surface area contributed by atoms with Crippen LogP contribution in [0.2, 0.25) is 5.15 Å². The van der Waals surface area contributed by atoms with E-state index >= 15 is 0 Å². The molecule has 0 saturated carbocycles. The summed E-state index contributed by atoms with van der Waals surface area (Å²) in [6.07, 6.45) is 3.12. The minimum Gasteiger partial charge on any atom is -0.478 e. The molecule has 1 N–H and O–H groups in total. The first kappa shape index (κ1) is 8.90. The van der Waals surface area contributed by atoms with Crippen LogP contribution in [0, 0.1) is 0 Å². The number of carboxylic acid groups (broad SMARTS) is 1. The van der Waals surface area contributed by atoms with Crippen molar-refractivity contribution in [1.82, 2.24) is 9.97 Å². The summed E-state index contributed by atoms with van der Waals surface area (Å²) in [5, 5.41) is 9.44. The van der Waals surface area contributed by atoms with E-state index in [4.69, 9.17) is 16.7 Å². The number of halogens is 1. The van der Waals surface area contributed by atoms with Crippen LogP contribution in [-0.2, 0) is 0 Å². The molecular formula is C9H5ClN2O2. The van der Waals surface area contributed by atoms with Gasteiger partial charge in [-0.25, -0.2) is 9.78 Å². The molecule has 2 aromatic heterocycles. The average molecular weight is 209 g/mol. The number of hydrogen-bond acceptors (Lipinski definition) is 3. The molecule has 70 valence electrons. The summed E-state index contributed by atoms with van der Waals surface area (Å²) in [6, 6.07) is 3.13. The molecule has 0 bridgehead atoms. The lowest BCUT2D eigenvalue weighted by Gasteiger charge is -2.00. The summed E-state index contributed by atoms with van der Waals surface area (Å²) in [4.78, 5) is 18.5. The lowest BCUT2D eigenvalue weighted by atomic mass is 10.2. The fourth-order valence-corrected chi connectivity index (χ4v) is 1.37. The number of carboxylic acids is 1. The number of rotatable bonds is 1. The minimum absolute atomic E-state index is 0.00352. The number of nitrogens with zero attached hydrogens (tertiary/aromatic N) is 2. The van der Waals surface area contributed by atoms with Gasteiger partial charge in [0, 0.05) is 17.8 Å². The zero-order valence-corrected chi connectivity index (χ0v) is 7.69. The SMILES string of the molecule is O=C(O)c1cc2cnccc2nc1Cl. The van der Waals surface area contributed by atoms with E-state index in [0.717, 1.165) is 0 Å². The Hall–Kier alpha value is -1.68. The maximum atomic E-state index is 10.7. The predicted molar refractivity (Wildman–Crippen MR) is 51.5 cm³/mol. The molecule has 0 amide bonds. The van der Waals surface area contributed by atoms with Crippen LogP contribution in [0.1, 0.15) is 10.4 Å². The van der Waals surface area contributed by atoms with Crippen LogP contribution in [0.15, 0.2) is 24.5 Å². The first-order valence-corrected chi connectivity index (χ1v) is 4.20. The van der Waals surface area contributed by atoms with E-state index in [2.05, 4.69) is 9.97 Å². The van der Waals surface area contributed by atoms with Crippen molar-refractivity contribution in [2.45, 2.75) is 0 Å². The highest BCUT2D eigenvalue weighted by molar-refractivity contribution is 6.32. The summed E-state index contributed by atoms with van der Waals surface area (Å²) >= 11 is 5.69. The molecule has 4 nitrogen and oxygen atoms in total. The second-order valence-electron chi connectivity index (χ2n) is 2.70. The fraction of sp³-hybridized carbons (Fsp3) is 0. The molecule has 0 unspecified atom stereocenters. The van der Waals surface area contributed by atoms with Gasteiger partial charge in [-0.2, -0.15) is 0 Å². The first-order valence-electron chi connectivity index (χ1n) is 3.82. The summed E-state index contributed by atoms with van der Waals surface area (Å²) in [7, 11) is 0. The second-order valence-corrected chi connectivity index (χ2v) is 3.06. The summed E-state index contributed by atoms with van der Waals surface area (Å²) in [5.74, 6) is -1.09. The van der Waals surface area contributed by atoms with E-state index in [1.165, 1.54) is 6.07 Å². The Morgan fingerprint density at radius 2 is 2.29 bits per heavy atom. The van der Waals surface area contributed by atoms with Crippen molar-refractivity contribution >= 4 is 28.5 Å². The van der Waals surface area contributed by atoms with Crippen LogP contribution in [0.25, 0.3) is 10.9 Å². The largest absolute Gasteiger partial charge is 0.478 e. The molecule has 0 aliphatic rings. The van der Waals surface area contributed by atoms with Gasteiger partial charge in [-0.1, -0.05) is 11.6 Å². The van der Waals surface area contributed by atoms with Crippen molar-refractivity contribution in [2.75, 3.05) is 0 Å². The molecule has 2 aromatic rings. The first-order chi connectivity index (χ1) is 6.68. The third-order valence-electron chi connectivity index (χ3n) is 1.80. The Morgan fingerprint density at radius 3 is 3.00 bits per heavy atom. The van der Waals surface area contributed by atoms with E-state index < -0.39 is 5.97 Å². The van der Waals surface area contributed by atoms with Crippen molar-refractivity contribution in [1.29, 1.82) is 0 Å². The third kappa shape index (κ3) is 1.40. The zero-order chi connectivity index (χ0) is 10.1. The summed E-state index contributed by atoms with van der Waals surface area (Å²) in [6.45, 7) is 0. The number of carbonyl (C=O) groups is 1. The molecule has 0 aliphatic heterocycles. The zero-order valence-electron chi connectivity index (χ0n) is 6.94. The monoisotopic (exact) mass is 208 g/mol. The molecule has 5 heteroatoms. The lowest BCUT2D eigenvalue weighted by molar-refractivity contribution is 0.0697. The van der Waals surface area contributed by atoms with Crippen LogP contribution in [0.4, 0.5) is 0 Å². The molecule has 0 saturated heterocycles.